The maximum atomic E-state index is 5.79. The summed E-state index contributed by atoms with van der Waals surface area (Å²) in [5.74, 6) is 3.43. The van der Waals surface area contributed by atoms with Crippen LogP contribution < -0.4 is 5.73 Å². The van der Waals surface area contributed by atoms with Crippen molar-refractivity contribution in [2.24, 2.45) is 29.4 Å². The summed E-state index contributed by atoms with van der Waals surface area (Å²) in [5.41, 5.74) is 5.79. The lowest BCUT2D eigenvalue weighted by Crippen LogP contribution is -2.32. The van der Waals surface area contributed by atoms with Crippen LogP contribution in [0.1, 0.15) is 40.0 Å². The number of hydrogen-bond acceptors (Lipinski definition) is 1. The van der Waals surface area contributed by atoms with E-state index in [0.29, 0.717) is 0 Å². The van der Waals surface area contributed by atoms with Gasteiger partial charge in [0.15, 0.2) is 0 Å². The summed E-state index contributed by atoms with van der Waals surface area (Å²) in [6, 6.07) is 0. The Labute approximate surface area is 76.7 Å². The van der Waals surface area contributed by atoms with E-state index in [1.54, 1.807) is 0 Å². The van der Waals surface area contributed by atoms with E-state index in [-0.39, 0.29) is 0 Å². The molecule has 0 aromatic heterocycles. The highest BCUT2D eigenvalue weighted by Crippen LogP contribution is 2.37. The van der Waals surface area contributed by atoms with Crippen molar-refractivity contribution in [3.63, 3.8) is 0 Å². The second-order valence-corrected chi connectivity index (χ2v) is 4.82. The standard InChI is InChI=1S/C11H23N/c1-8(2)11-5-4-9(3)6-10(11)7-12/h8-11H,4-7,12H2,1-3H3/t9-,10-,11-/m0/s1. The Morgan fingerprint density at radius 3 is 2.50 bits per heavy atom. The van der Waals surface area contributed by atoms with Gasteiger partial charge in [-0.05, 0) is 43.1 Å². The number of nitrogens with two attached hydrogens (primary N) is 1. The Balaban J connectivity index is 2.50. The molecule has 1 rings (SSSR count). The van der Waals surface area contributed by atoms with Gasteiger partial charge in [0, 0.05) is 0 Å². The molecule has 1 fully saturated rings. The molecule has 0 spiro atoms. The zero-order chi connectivity index (χ0) is 9.14. The lowest BCUT2D eigenvalue weighted by atomic mass is 9.70. The fraction of sp³-hybridized carbons (Fsp3) is 1.00. The molecule has 0 radical (unpaired) electrons. The molecule has 1 aliphatic rings. The normalized spacial score (nSPS) is 37.2. The molecule has 1 heteroatoms. The van der Waals surface area contributed by atoms with Gasteiger partial charge in [0.2, 0.25) is 0 Å². The Hall–Kier alpha value is -0.0400. The van der Waals surface area contributed by atoms with Crippen molar-refractivity contribution in [1.29, 1.82) is 0 Å². The van der Waals surface area contributed by atoms with Gasteiger partial charge in [-0.25, -0.2) is 0 Å². The van der Waals surface area contributed by atoms with E-state index in [0.717, 1.165) is 30.2 Å². The van der Waals surface area contributed by atoms with Gasteiger partial charge in [-0.1, -0.05) is 27.2 Å². The molecule has 2 N–H and O–H groups in total. The van der Waals surface area contributed by atoms with E-state index in [1.165, 1.54) is 19.3 Å². The zero-order valence-electron chi connectivity index (χ0n) is 8.72. The summed E-state index contributed by atoms with van der Waals surface area (Å²) in [7, 11) is 0. The highest BCUT2D eigenvalue weighted by molar-refractivity contribution is 4.80. The molecule has 1 nitrogen and oxygen atoms in total. The fourth-order valence-electron chi connectivity index (χ4n) is 2.67. The van der Waals surface area contributed by atoms with Crippen molar-refractivity contribution in [3.8, 4) is 0 Å². The van der Waals surface area contributed by atoms with Crippen molar-refractivity contribution in [1.82, 2.24) is 0 Å². The highest BCUT2D eigenvalue weighted by atomic mass is 14.6. The van der Waals surface area contributed by atoms with Crippen LogP contribution in [-0.2, 0) is 0 Å². The van der Waals surface area contributed by atoms with Gasteiger partial charge < -0.3 is 5.73 Å². The van der Waals surface area contributed by atoms with Gasteiger partial charge in [-0.2, -0.15) is 0 Å². The molecule has 0 amide bonds. The van der Waals surface area contributed by atoms with Crippen molar-refractivity contribution < 1.29 is 0 Å². The minimum Gasteiger partial charge on any atom is -0.330 e. The van der Waals surface area contributed by atoms with Crippen molar-refractivity contribution in [2.45, 2.75) is 40.0 Å². The molecular weight excluding hydrogens is 146 g/mol. The Morgan fingerprint density at radius 2 is 2.00 bits per heavy atom. The summed E-state index contributed by atoms with van der Waals surface area (Å²) in [6.45, 7) is 7.93. The lowest BCUT2D eigenvalue weighted by Gasteiger charge is -2.36. The Kier molecular flexibility index (Phi) is 3.57. The third kappa shape index (κ3) is 2.22. The highest BCUT2D eigenvalue weighted by Gasteiger charge is 2.29. The van der Waals surface area contributed by atoms with E-state index in [4.69, 9.17) is 5.73 Å². The van der Waals surface area contributed by atoms with Crippen LogP contribution in [0.3, 0.4) is 0 Å². The second kappa shape index (κ2) is 4.27. The van der Waals surface area contributed by atoms with Crippen LogP contribution in [0.15, 0.2) is 0 Å². The number of hydrogen-bond donors (Lipinski definition) is 1. The molecule has 12 heavy (non-hydrogen) atoms. The molecule has 0 unspecified atom stereocenters. The Bertz CT molecular complexity index is 131. The van der Waals surface area contributed by atoms with Crippen molar-refractivity contribution >= 4 is 0 Å². The smallest absolute Gasteiger partial charge is 0.00460 e. The summed E-state index contributed by atoms with van der Waals surface area (Å²) in [5, 5.41) is 0. The van der Waals surface area contributed by atoms with Gasteiger partial charge in [0.1, 0.15) is 0 Å². The van der Waals surface area contributed by atoms with Crippen LogP contribution in [-0.4, -0.2) is 6.54 Å². The predicted molar refractivity (Wildman–Crippen MR) is 53.9 cm³/mol. The third-order valence-corrected chi connectivity index (χ3v) is 3.46. The first kappa shape index (κ1) is 10.0. The van der Waals surface area contributed by atoms with Gasteiger partial charge in [0.25, 0.3) is 0 Å². The van der Waals surface area contributed by atoms with Crippen LogP contribution in [0, 0.1) is 23.7 Å². The van der Waals surface area contributed by atoms with Crippen LogP contribution in [0.4, 0.5) is 0 Å². The van der Waals surface area contributed by atoms with Crippen LogP contribution in [0.5, 0.6) is 0 Å². The van der Waals surface area contributed by atoms with Crippen molar-refractivity contribution in [3.05, 3.63) is 0 Å². The molecule has 0 saturated heterocycles. The minimum atomic E-state index is 0.800. The molecular formula is C11H23N. The minimum absolute atomic E-state index is 0.800. The van der Waals surface area contributed by atoms with Crippen LogP contribution >= 0.6 is 0 Å². The molecule has 72 valence electrons. The van der Waals surface area contributed by atoms with E-state index in [1.807, 2.05) is 0 Å². The van der Waals surface area contributed by atoms with E-state index >= 15 is 0 Å². The summed E-state index contributed by atoms with van der Waals surface area (Å²) in [4.78, 5) is 0. The van der Waals surface area contributed by atoms with Crippen molar-refractivity contribution in [2.75, 3.05) is 6.54 Å². The summed E-state index contributed by atoms with van der Waals surface area (Å²) in [6.07, 6.45) is 4.18. The first-order chi connectivity index (χ1) is 5.65. The lowest BCUT2D eigenvalue weighted by molar-refractivity contribution is 0.150. The second-order valence-electron chi connectivity index (χ2n) is 4.82. The average Bonchev–Trinajstić information content (AvgIpc) is 2.03. The first-order valence-corrected chi connectivity index (χ1v) is 5.35. The average molecular weight is 169 g/mol. The topological polar surface area (TPSA) is 26.0 Å². The van der Waals surface area contributed by atoms with Gasteiger partial charge in [-0.15, -0.1) is 0 Å². The maximum Gasteiger partial charge on any atom is -0.00460 e. The first-order valence-electron chi connectivity index (χ1n) is 5.35. The monoisotopic (exact) mass is 169 g/mol. The summed E-state index contributed by atoms with van der Waals surface area (Å²) < 4.78 is 0. The van der Waals surface area contributed by atoms with Crippen LogP contribution in [0.2, 0.25) is 0 Å². The molecule has 3 atom stereocenters. The van der Waals surface area contributed by atoms with Crippen LogP contribution in [0.25, 0.3) is 0 Å². The third-order valence-electron chi connectivity index (χ3n) is 3.46. The SMILES string of the molecule is CC(C)[C@@H]1CC[C@H](C)C[C@H]1CN. The molecule has 1 aliphatic carbocycles. The quantitative estimate of drug-likeness (QED) is 0.675. The maximum absolute atomic E-state index is 5.79. The molecule has 0 aromatic rings. The van der Waals surface area contributed by atoms with E-state index < -0.39 is 0 Å². The zero-order valence-corrected chi connectivity index (χ0v) is 8.72. The van der Waals surface area contributed by atoms with Gasteiger partial charge >= 0.3 is 0 Å². The Morgan fingerprint density at radius 1 is 1.33 bits per heavy atom. The molecule has 0 aliphatic heterocycles. The largest absolute Gasteiger partial charge is 0.330 e. The molecule has 0 aromatic carbocycles. The van der Waals surface area contributed by atoms with E-state index in [2.05, 4.69) is 20.8 Å². The van der Waals surface area contributed by atoms with Gasteiger partial charge in [-0.3, -0.25) is 0 Å². The predicted octanol–water partition coefficient (Wildman–Crippen LogP) is 2.65. The molecule has 0 heterocycles. The molecule has 1 saturated carbocycles. The number of rotatable bonds is 2. The van der Waals surface area contributed by atoms with Gasteiger partial charge in [0.05, 0.1) is 0 Å². The molecule has 0 bridgehead atoms. The summed E-state index contributed by atoms with van der Waals surface area (Å²) >= 11 is 0. The fourth-order valence-corrected chi connectivity index (χ4v) is 2.67. The van der Waals surface area contributed by atoms with E-state index in [9.17, 15) is 0 Å².